The van der Waals surface area contributed by atoms with Crippen molar-refractivity contribution in [2.24, 2.45) is 0 Å². The van der Waals surface area contributed by atoms with E-state index in [1.165, 1.54) is 11.3 Å². The number of carbonyl (C=O) groups excluding carboxylic acids is 1. The van der Waals surface area contributed by atoms with E-state index < -0.39 is 11.7 Å². The molecule has 1 heterocycles. The Hall–Kier alpha value is -1.58. The lowest BCUT2D eigenvalue weighted by Crippen LogP contribution is -2.40. The second kappa shape index (κ2) is 5.66. The van der Waals surface area contributed by atoms with Crippen molar-refractivity contribution in [3.05, 3.63) is 21.9 Å². The molecule has 17 heavy (non-hydrogen) atoms. The molecule has 92 valence electrons. The molecule has 0 aliphatic rings. The van der Waals surface area contributed by atoms with E-state index in [1.807, 2.05) is 6.07 Å². The molecule has 0 atom stereocenters. The van der Waals surface area contributed by atoms with Gasteiger partial charge in [0.1, 0.15) is 16.5 Å². The normalized spacial score (nSPS) is 10.7. The fraction of sp³-hybridized carbons (Fsp3) is 0.455. The minimum Gasteiger partial charge on any atom is -0.443 e. The Morgan fingerprint density at radius 2 is 2.24 bits per heavy atom. The third kappa shape index (κ3) is 5.33. The first-order chi connectivity index (χ1) is 7.90. The maximum absolute atomic E-state index is 11.3. The van der Waals surface area contributed by atoms with Crippen LogP contribution in [0.15, 0.2) is 12.1 Å². The molecule has 0 radical (unpaired) electrons. The number of carbonyl (C=O) groups is 1. The van der Waals surface area contributed by atoms with Gasteiger partial charge in [-0.25, -0.2) is 10.2 Å². The van der Waals surface area contributed by atoms with Crippen molar-refractivity contribution in [2.45, 2.75) is 32.9 Å². The molecule has 0 fully saturated rings. The number of nitrogens with zero attached hydrogens (tertiary/aromatic N) is 1. The molecule has 1 rings (SSSR count). The lowest BCUT2D eigenvalue weighted by molar-refractivity contribution is 0.0497. The van der Waals surface area contributed by atoms with Crippen LogP contribution in [0.4, 0.5) is 4.79 Å². The highest BCUT2D eigenvalue weighted by Gasteiger charge is 2.15. The summed E-state index contributed by atoms with van der Waals surface area (Å²) in [5.74, 6) is 0. The molecular weight excluding hydrogens is 238 g/mol. The first-order valence-electron chi connectivity index (χ1n) is 5.11. The second-order valence-electron chi connectivity index (χ2n) is 4.36. The van der Waals surface area contributed by atoms with E-state index in [2.05, 4.69) is 16.9 Å². The van der Waals surface area contributed by atoms with Crippen molar-refractivity contribution in [3.8, 4) is 6.07 Å². The summed E-state index contributed by atoms with van der Waals surface area (Å²) < 4.78 is 5.04. The van der Waals surface area contributed by atoms with Gasteiger partial charge in [0.2, 0.25) is 0 Å². The zero-order chi connectivity index (χ0) is 12.9. The van der Waals surface area contributed by atoms with E-state index in [4.69, 9.17) is 10.00 Å². The summed E-state index contributed by atoms with van der Waals surface area (Å²) in [5, 5.41) is 8.64. The van der Waals surface area contributed by atoms with E-state index in [-0.39, 0.29) is 0 Å². The van der Waals surface area contributed by atoms with Crippen LogP contribution in [0.5, 0.6) is 0 Å². The summed E-state index contributed by atoms with van der Waals surface area (Å²) in [6, 6.07) is 5.64. The molecule has 0 aliphatic carbocycles. The smallest absolute Gasteiger partial charge is 0.422 e. The average Bonchev–Trinajstić information content (AvgIpc) is 2.63. The third-order valence-electron chi connectivity index (χ3n) is 1.62. The highest BCUT2D eigenvalue weighted by Crippen LogP contribution is 2.14. The maximum atomic E-state index is 11.3. The van der Waals surface area contributed by atoms with Gasteiger partial charge in [-0.15, -0.1) is 11.3 Å². The number of thiophene rings is 1. The molecule has 6 heteroatoms. The Balaban J connectivity index is 2.29. The molecular formula is C11H15N3O2S. The zero-order valence-electron chi connectivity index (χ0n) is 10.0. The van der Waals surface area contributed by atoms with Crippen LogP contribution < -0.4 is 10.9 Å². The van der Waals surface area contributed by atoms with Crippen molar-refractivity contribution in [1.29, 1.82) is 5.26 Å². The van der Waals surface area contributed by atoms with Crippen LogP contribution in [0.2, 0.25) is 0 Å². The van der Waals surface area contributed by atoms with E-state index >= 15 is 0 Å². The fourth-order valence-electron chi connectivity index (χ4n) is 1.04. The van der Waals surface area contributed by atoms with Crippen molar-refractivity contribution >= 4 is 17.4 Å². The predicted octanol–water partition coefficient (Wildman–Crippen LogP) is 2.15. The number of rotatable bonds is 3. The molecule has 0 bridgehead atoms. The van der Waals surface area contributed by atoms with Crippen LogP contribution in [-0.2, 0) is 11.3 Å². The molecule has 1 aromatic rings. The molecule has 0 unspecified atom stereocenters. The van der Waals surface area contributed by atoms with Crippen LogP contribution in [0.25, 0.3) is 0 Å². The van der Waals surface area contributed by atoms with Gasteiger partial charge in [-0.3, -0.25) is 5.43 Å². The van der Waals surface area contributed by atoms with Crippen molar-refractivity contribution < 1.29 is 9.53 Å². The fourth-order valence-corrected chi connectivity index (χ4v) is 1.78. The Labute approximate surface area is 104 Å². The summed E-state index contributed by atoms with van der Waals surface area (Å²) in [7, 11) is 0. The third-order valence-corrected chi connectivity index (χ3v) is 2.61. The number of nitrogens with one attached hydrogen (secondary N) is 2. The van der Waals surface area contributed by atoms with Crippen LogP contribution in [0.1, 0.15) is 30.5 Å². The van der Waals surface area contributed by atoms with Gasteiger partial charge in [0.05, 0.1) is 0 Å². The Kier molecular flexibility index (Phi) is 4.49. The number of ether oxygens (including phenoxy) is 1. The zero-order valence-corrected chi connectivity index (χ0v) is 10.9. The van der Waals surface area contributed by atoms with Crippen molar-refractivity contribution in [1.82, 2.24) is 10.9 Å². The first kappa shape index (κ1) is 13.5. The van der Waals surface area contributed by atoms with Gasteiger partial charge in [0.15, 0.2) is 0 Å². The SMILES string of the molecule is CC(C)(C)OC(=O)NNCc1ccc(C#N)s1. The number of amides is 1. The Bertz CT molecular complexity index is 429. The Morgan fingerprint density at radius 3 is 2.76 bits per heavy atom. The number of hydrazine groups is 1. The lowest BCUT2D eigenvalue weighted by atomic mass is 10.2. The summed E-state index contributed by atoms with van der Waals surface area (Å²) >= 11 is 1.38. The van der Waals surface area contributed by atoms with Crippen LogP contribution in [0.3, 0.4) is 0 Å². The molecule has 0 saturated heterocycles. The van der Waals surface area contributed by atoms with Crippen LogP contribution >= 0.6 is 11.3 Å². The van der Waals surface area contributed by atoms with Crippen LogP contribution in [0, 0.1) is 11.3 Å². The standard InChI is InChI=1S/C11H15N3O2S/c1-11(2,3)16-10(15)14-13-7-9-5-4-8(6-12)17-9/h4-5,13H,7H2,1-3H3,(H,14,15). The van der Waals surface area contributed by atoms with Crippen molar-refractivity contribution in [2.75, 3.05) is 0 Å². The van der Waals surface area contributed by atoms with Gasteiger partial charge in [-0.2, -0.15) is 5.26 Å². The summed E-state index contributed by atoms with van der Waals surface area (Å²) in [6.07, 6.45) is -0.519. The molecule has 1 aromatic heterocycles. The topological polar surface area (TPSA) is 74.2 Å². The monoisotopic (exact) mass is 253 g/mol. The highest BCUT2D eigenvalue weighted by molar-refractivity contribution is 7.12. The van der Waals surface area contributed by atoms with E-state index in [0.717, 1.165) is 4.88 Å². The van der Waals surface area contributed by atoms with Crippen molar-refractivity contribution in [3.63, 3.8) is 0 Å². The molecule has 1 amide bonds. The van der Waals surface area contributed by atoms with Gasteiger partial charge in [0.25, 0.3) is 0 Å². The Morgan fingerprint density at radius 1 is 1.53 bits per heavy atom. The molecule has 2 N–H and O–H groups in total. The molecule has 0 saturated carbocycles. The number of hydrogen-bond acceptors (Lipinski definition) is 5. The minimum atomic E-state index is -0.519. The van der Waals surface area contributed by atoms with Gasteiger partial charge in [-0.1, -0.05) is 0 Å². The predicted molar refractivity (Wildman–Crippen MR) is 65.2 cm³/mol. The summed E-state index contributed by atoms with van der Waals surface area (Å²) in [6.45, 7) is 5.85. The molecule has 0 aliphatic heterocycles. The summed E-state index contributed by atoms with van der Waals surface area (Å²) in [4.78, 5) is 12.9. The van der Waals surface area contributed by atoms with Gasteiger partial charge in [-0.05, 0) is 32.9 Å². The lowest BCUT2D eigenvalue weighted by Gasteiger charge is -2.19. The van der Waals surface area contributed by atoms with Crippen LogP contribution in [-0.4, -0.2) is 11.7 Å². The summed E-state index contributed by atoms with van der Waals surface area (Å²) in [5.41, 5.74) is 4.65. The minimum absolute atomic E-state index is 0.464. The molecule has 0 aromatic carbocycles. The first-order valence-corrected chi connectivity index (χ1v) is 5.93. The quantitative estimate of drug-likeness (QED) is 0.809. The highest BCUT2D eigenvalue weighted by atomic mass is 32.1. The largest absolute Gasteiger partial charge is 0.443 e. The van der Waals surface area contributed by atoms with Gasteiger partial charge >= 0.3 is 6.09 Å². The second-order valence-corrected chi connectivity index (χ2v) is 5.53. The van der Waals surface area contributed by atoms with E-state index in [1.54, 1.807) is 26.8 Å². The number of hydrogen-bond donors (Lipinski definition) is 2. The van der Waals surface area contributed by atoms with E-state index in [0.29, 0.717) is 11.4 Å². The average molecular weight is 253 g/mol. The molecule has 0 spiro atoms. The number of nitriles is 1. The van der Waals surface area contributed by atoms with Gasteiger partial charge < -0.3 is 4.74 Å². The van der Waals surface area contributed by atoms with E-state index in [9.17, 15) is 4.79 Å². The molecule has 5 nitrogen and oxygen atoms in total. The maximum Gasteiger partial charge on any atom is 0.422 e. The van der Waals surface area contributed by atoms with Gasteiger partial charge in [0, 0.05) is 11.4 Å².